The standard InChI is InChI=1S/C16H19BrFNS/c1-16(2,3)15-7-5-13(20-15)10-19-9-11-8-12(17)4-6-14(11)18/h4-8,19H,9-10H2,1-3H3. The van der Waals surface area contributed by atoms with Gasteiger partial charge in [-0.05, 0) is 35.7 Å². The fourth-order valence-corrected chi connectivity index (χ4v) is 3.32. The van der Waals surface area contributed by atoms with Crippen molar-refractivity contribution in [2.45, 2.75) is 39.3 Å². The summed E-state index contributed by atoms with van der Waals surface area (Å²) in [6.45, 7) is 7.95. The first-order valence-electron chi connectivity index (χ1n) is 6.60. The second-order valence-electron chi connectivity index (χ2n) is 5.86. The van der Waals surface area contributed by atoms with Crippen molar-refractivity contribution in [3.8, 4) is 0 Å². The highest BCUT2D eigenvalue weighted by atomic mass is 79.9. The average Bonchev–Trinajstić information content (AvgIpc) is 2.82. The lowest BCUT2D eigenvalue weighted by atomic mass is 9.95. The molecular formula is C16H19BrFNS. The zero-order chi connectivity index (χ0) is 14.8. The topological polar surface area (TPSA) is 12.0 Å². The molecule has 0 amide bonds. The van der Waals surface area contributed by atoms with Gasteiger partial charge in [0.25, 0.3) is 0 Å². The second kappa shape index (κ2) is 6.37. The molecule has 0 bridgehead atoms. The van der Waals surface area contributed by atoms with E-state index in [9.17, 15) is 4.39 Å². The molecule has 1 heterocycles. The van der Waals surface area contributed by atoms with E-state index >= 15 is 0 Å². The SMILES string of the molecule is CC(C)(C)c1ccc(CNCc2cc(Br)ccc2F)s1. The molecule has 0 saturated carbocycles. The lowest BCUT2D eigenvalue weighted by Crippen LogP contribution is -2.13. The third kappa shape index (κ3) is 4.14. The van der Waals surface area contributed by atoms with Gasteiger partial charge >= 0.3 is 0 Å². The van der Waals surface area contributed by atoms with Crippen LogP contribution >= 0.6 is 27.3 Å². The van der Waals surface area contributed by atoms with Crippen molar-refractivity contribution in [1.82, 2.24) is 5.32 Å². The number of benzene rings is 1. The summed E-state index contributed by atoms with van der Waals surface area (Å²) < 4.78 is 14.5. The van der Waals surface area contributed by atoms with E-state index in [1.807, 2.05) is 17.4 Å². The maximum atomic E-state index is 13.6. The zero-order valence-electron chi connectivity index (χ0n) is 12.0. The minimum Gasteiger partial charge on any atom is -0.308 e. The largest absolute Gasteiger partial charge is 0.308 e. The van der Waals surface area contributed by atoms with Crippen LogP contribution in [0.15, 0.2) is 34.8 Å². The normalized spacial score (nSPS) is 11.8. The predicted octanol–water partition coefficient (Wildman–Crippen LogP) is 5.24. The molecule has 1 N–H and O–H groups in total. The van der Waals surface area contributed by atoms with Gasteiger partial charge in [0.15, 0.2) is 0 Å². The maximum Gasteiger partial charge on any atom is 0.127 e. The van der Waals surface area contributed by atoms with Gasteiger partial charge in [0, 0.05) is 32.9 Å². The van der Waals surface area contributed by atoms with Crippen LogP contribution in [0.4, 0.5) is 4.39 Å². The van der Waals surface area contributed by atoms with Crippen LogP contribution in [0.1, 0.15) is 36.1 Å². The molecule has 2 rings (SSSR count). The number of rotatable bonds is 4. The van der Waals surface area contributed by atoms with Crippen molar-refractivity contribution in [3.05, 3.63) is 55.9 Å². The zero-order valence-corrected chi connectivity index (χ0v) is 14.4. The highest BCUT2D eigenvalue weighted by molar-refractivity contribution is 9.10. The van der Waals surface area contributed by atoms with E-state index in [4.69, 9.17) is 0 Å². The molecule has 0 radical (unpaired) electrons. The first-order valence-corrected chi connectivity index (χ1v) is 8.21. The molecule has 1 aromatic heterocycles. The Morgan fingerprint density at radius 3 is 2.55 bits per heavy atom. The van der Waals surface area contributed by atoms with Crippen LogP contribution < -0.4 is 5.32 Å². The van der Waals surface area contributed by atoms with Crippen molar-refractivity contribution >= 4 is 27.3 Å². The summed E-state index contributed by atoms with van der Waals surface area (Å²) >= 11 is 5.18. The number of hydrogen-bond donors (Lipinski definition) is 1. The van der Waals surface area contributed by atoms with Crippen LogP contribution in [0.5, 0.6) is 0 Å². The predicted molar refractivity (Wildman–Crippen MR) is 87.7 cm³/mol. The minimum absolute atomic E-state index is 0.165. The first kappa shape index (κ1) is 15.7. The number of halogens is 2. The molecule has 0 spiro atoms. The summed E-state index contributed by atoms with van der Waals surface area (Å²) in [5.41, 5.74) is 0.881. The number of hydrogen-bond acceptors (Lipinski definition) is 2. The van der Waals surface area contributed by atoms with Crippen LogP contribution in [0.25, 0.3) is 0 Å². The molecule has 0 aliphatic carbocycles. The third-order valence-electron chi connectivity index (χ3n) is 3.02. The van der Waals surface area contributed by atoms with Crippen molar-refractivity contribution in [1.29, 1.82) is 0 Å². The van der Waals surface area contributed by atoms with E-state index in [1.165, 1.54) is 15.8 Å². The molecule has 108 valence electrons. The smallest absolute Gasteiger partial charge is 0.127 e. The van der Waals surface area contributed by atoms with Gasteiger partial charge in [-0.15, -0.1) is 11.3 Å². The van der Waals surface area contributed by atoms with Crippen molar-refractivity contribution in [2.24, 2.45) is 0 Å². The van der Waals surface area contributed by atoms with Gasteiger partial charge in [-0.1, -0.05) is 36.7 Å². The summed E-state index contributed by atoms with van der Waals surface area (Å²) in [7, 11) is 0. The van der Waals surface area contributed by atoms with Crippen LogP contribution in [0, 0.1) is 5.82 Å². The summed E-state index contributed by atoms with van der Waals surface area (Å²) in [4.78, 5) is 2.66. The number of thiophene rings is 1. The van der Waals surface area contributed by atoms with Crippen LogP contribution in [-0.2, 0) is 18.5 Å². The molecular weight excluding hydrogens is 337 g/mol. The highest BCUT2D eigenvalue weighted by Crippen LogP contribution is 2.29. The number of nitrogens with one attached hydrogen (secondary N) is 1. The lowest BCUT2D eigenvalue weighted by Gasteiger charge is -2.15. The van der Waals surface area contributed by atoms with Crippen molar-refractivity contribution in [3.63, 3.8) is 0 Å². The molecule has 1 aromatic carbocycles. The van der Waals surface area contributed by atoms with Crippen LogP contribution in [-0.4, -0.2) is 0 Å². The van der Waals surface area contributed by atoms with E-state index in [0.717, 1.165) is 11.0 Å². The summed E-state index contributed by atoms with van der Waals surface area (Å²) in [5, 5.41) is 3.30. The van der Waals surface area contributed by atoms with Gasteiger partial charge in [0.05, 0.1) is 0 Å². The third-order valence-corrected chi connectivity index (χ3v) is 5.03. The van der Waals surface area contributed by atoms with Gasteiger partial charge in [0.2, 0.25) is 0 Å². The quantitative estimate of drug-likeness (QED) is 0.790. The van der Waals surface area contributed by atoms with E-state index in [1.54, 1.807) is 6.07 Å². The van der Waals surface area contributed by atoms with E-state index < -0.39 is 0 Å². The molecule has 0 saturated heterocycles. The van der Waals surface area contributed by atoms with Crippen molar-refractivity contribution < 1.29 is 4.39 Å². The van der Waals surface area contributed by atoms with Crippen molar-refractivity contribution in [2.75, 3.05) is 0 Å². The molecule has 0 aliphatic heterocycles. The summed E-state index contributed by atoms with van der Waals surface area (Å²) in [6.07, 6.45) is 0. The Morgan fingerprint density at radius 2 is 1.90 bits per heavy atom. The van der Waals surface area contributed by atoms with Gasteiger partial charge in [-0.3, -0.25) is 0 Å². The maximum absolute atomic E-state index is 13.6. The monoisotopic (exact) mass is 355 g/mol. The van der Waals surface area contributed by atoms with E-state index in [2.05, 4.69) is 54.2 Å². The molecule has 20 heavy (non-hydrogen) atoms. The molecule has 2 aromatic rings. The fraction of sp³-hybridized carbons (Fsp3) is 0.375. The first-order chi connectivity index (χ1) is 9.36. The molecule has 0 fully saturated rings. The minimum atomic E-state index is -0.165. The second-order valence-corrected chi connectivity index (χ2v) is 7.94. The Hall–Kier alpha value is -0.710. The Balaban J connectivity index is 1.93. The highest BCUT2D eigenvalue weighted by Gasteiger charge is 2.15. The van der Waals surface area contributed by atoms with Crippen LogP contribution in [0.3, 0.4) is 0 Å². The van der Waals surface area contributed by atoms with Gasteiger partial charge in [0.1, 0.15) is 5.82 Å². The molecule has 1 nitrogen and oxygen atoms in total. The molecule has 0 aliphatic rings. The summed E-state index contributed by atoms with van der Waals surface area (Å²) in [5.74, 6) is -0.165. The van der Waals surface area contributed by atoms with Gasteiger partial charge in [-0.25, -0.2) is 4.39 Å². The Bertz CT molecular complexity index is 586. The fourth-order valence-electron chi connectivity index (χ4n) is 1.88. The molecule has 0 atom stereocenters. The average molecular weight is 356 g/mol. The Labute approximate surface area is 132 Å². The summed E-state index contributed by atoms with van der Waals surface area (Å²) in [6, 6.07) is 9.35. The van der Waals surface area contributed by atoms with Gasteiger partial charge < -0.3 is 5.32 Å². The Kier molecular flexibility index (Phi) is 4.99. The Morgan fingerprint density at radius 1 is 1.15 bits per heavy atom. The molecule has 0 unspecified atom stereocenters. The molecule has 4 heteroatoms. The van der Waals surface area contributed by atoms with Crippen LogP contribution in [0.2, 0.25) is 0 Å². The van der Waals surface area contributed by atoms with E-state index in [-0.39, 0.29) is 11.2 Å². The lowest BCUT2D eigenvalue weighted by molar-refractivity contribution is 0.588. The van der Waals surface area contributed by atoms with E-state index in [0.29, 0.717) is 12.1 Å². The van der Waals surface area contributed by atoms with Gasteiger partial charge in [-0.2, -0.15) is 0 Å².